The van der Waals surface area contributed by atoms with Crippen molar-refractivity contribution < 1.29 is 9.53 Å². The lowest BCUT2D eigenvalue weighted by Gasteiger charge is -2.08. The van der Waals surface area contributed by atoms with Crippen LogP contribution in [0.2, 0.25) is 0 Å². The Hall–Kier alpha value is -2.59. The standard InChI is InChI=1S/C14H14N4O2S/c15-6-1-2-7-20-11-5-3-4-10(8-11)17-13(19)12-9-21-14(16)18-12/h3-5,8-9H,1-2,7H2,(H2,16,18)(H,17,19). The Bertz CT molecular complexity index is 663. The quantitative estimate of drug-likeness (QED) is 0.799. The van der Waals surface area contributed by atoms with E-state index in [-0.39, 0.29) is 11.6 Å². The van der Waals surface area contributed by atoms with Crippen LogP contribution in [0.5, 0.6) is 5.75 Å². The summed E-state index contributed by atoms with van der Waals surface area (Å²) in [5, 5.41) is 13.1. The number of nitrogens with two attached hydrogens (primary N) is 1. The molecule has 1 aromatic carbocycles. The van der Waals surface area contributed by atoms with Gasteiger partial charge in [0.2, 0.25) is 0 Å². The Morgan fingerprint density at radius 3 is 3.10 bits per heavy atom. The molecule has 0 bridgehead atoms. The summed E-state index contributed by atoms with van der Waals surface area (Å²) >= 11 is 1.22. The second kappa shape index (κ2) is 7.26. The Balaban J connectivity index is 1.94. The number of carbonyl (C=O) groups excluding carboxylic acids is 1. The molecule has 108 valence electrons. The maximum atomic E-state index is 11.9. The lowest BCUT2D eigenvalue weighted by molar-refractivity contribution is 0.102. The topological polar surface area (TPSA) is 101 Å². The number of benzene rings is 1. The van der Waals surface area contributed by atoms with Crippen molar-refractivity contribution in [1.82, 2.24) is 4.98 Å². The fourth-order valence-corrected chi connectivity index (χ4v) is 2.14. The zero-order chi connectivity index (χ0) is 15.1. The smallest absolute Gasteiger partial charge is 0.275 e. The molecule has 1 aromatic heterocycles. The van der Waals surface area contributed by atoms with E-state index in [1.54, 1.807) is 29.6 Å². The number of nitriles is 1. The maximum absolute atomic E-state index is 11.9. The van der Waals surface area contributed by atoms with Gasteiger partial charge < -0.3 is 15.8 Å². The fourth-order valence-electron chi connectivity index (χ4n) is 1.59. The number of anilines is 2. The zero-order valence-electron chi connectivity index (χ0n) is 11.2. The number of hydrogen-bond acceptors (Lipinski definition) is 6. The van der Waals surface area contributed by atoms with E-state index in [0.717, 1.165) is 0 Å². The number of ether oxygens (including phenoxy) is 1. The Morgan fingerprint density at radius 1 is 1.52 bits per heavy atom. The van der Waals surface area contributed by atoms with Crippen molar-refractivity contribution in [1.29, 1.82) is 5.26 Å². The highest BCUT2D eigenvalue weighted by Gasteiger charge is 2.10. The minimum atomic E-state index is -0.315. The van der Waals surface area contributed by atoms with Crippen LogP contribution < -0.4 is 15.8 Å². The minimum Gasteiger partial charge on any atom is -0.493 e. The van der Waals surface area contributed by atoms with E-state index >= 15 is 0 Å². The second-order valence-electron chi connectivity index (χ2n) is 4.16. The van der Waals surface area contributed by atoms with Crippen LogP contribution >= 0.6 is 11.3 Å². The van der Waals surface area contributed by atoms with E-state index in [2.05, 4.69) is 16.4 Å². The van der Waals surface area contributed by atoms with E-state index in [1.807, 2.05) is 0 Å². The van der Waals surface area contributed by atoms with Gasteiger partial charge in [-0.25, -0.2) is 4.98 Å². The van der Waals surface area contributed by atoms with Gasteiger partial charge in [0.25, 0.3) is 5.91 Å². The molecule has 7 heteroatoms. The molecule has 0 spiro atoms. The van der Waals surface area contributed by atoms with Crippen molar-refractivity contribution in [3.63, 3.8) is 0 Å². The SMILES string of the molecule is N#CCCCOc1cccc(NC(=O)c2csc(N)n2)c1. The first-order valence-corrected chi connectivity index (χ1v) is 7.19. The number of nitrogens with zero attached hydrogens (tertiary/aromatic N) is 2. The van der Waals surface area contributed by atoms with Crippen LogP contribution in [0, 0.1) is 11.3 Å². The summed E-state index contributed by atoms with van der Waals surface area (Å²) in [7, 11) is 0. The highest BCUT2D eigenvalue weighted by molar-refractivity contribution is 7.13. The normalized spacial score (nSPS) is 9.86. The summed E-state index contributed by atoms with van der Waals surface area (Å²) in [5.74, 6) is 0.327. The number of rotatable bonds is 6. The van der Waals surface area contributed by atoms with Crippen LogP contribution in [-0.4, -0.2) is 17.5 Å². The first-order chi connectivity index (χ1) is 10.2. The summed E-state index contributed by atoms with van der Waals surface area (Å²) in [4.78, 5) is 15.9. The average Bonchev–Trinajstić information content (AvgIpc) is 2.91. The summed E-state index contributed by atoms with van der Waals surface area (Å²) < 4.78 is 5.50. The van der Waals surface area contributed by atoms with Crippen LogP contribution in [0.1, 0.15) is 23.3 Å². The van der Waals surface area contributed by atoms with Crippen molar-refractivity contribution in [2.75, 3.05) is 17.7 Å². The summed E-state index contributed by atoms with van der Waals surface area (Å²) in [6, 6.07) is 9.12. The molecule has 0 aliphatic carbocycles. The molecule has 0 aliphatic heterocycles. The Kier molecular flexibility index (Phi) is 5.12. The van der Waals surface area contributed by atoms with Crippen LogP contribution in [0.15, 0.2) is 29.6 Å². The third-order valence-electron chi connectivity index (χ3n) is 2.55. The van der Waals surface area contributed by atoms with Gasteiger partial charge in [-0.15, -0.1) is 11.3 Å². The first kappa shape index (κ1) is 14.8. The highest BCUT2D eigenvalue weighted by Crippen LogP contribution is 2.19. The van der Waals surface area contributed by atoms with Gasteiger partial charge in [-0.1, -0.05) is 6.07 Å². The van der Waals surface area contributed by atoms with Gasteiger partial charge in [0, 0.05) is 23.6 Å². The van der Waals surface area contributed by atoms with Gasteiger partial charge in [0.05, 0.1) is 12.7 Å². The van der Waals surface area contributed by atoms with Crippen molar-refractivity contribution >= 4 is 28.1 Å². The lowest BCUT2D eigenvalue weighted by Crippen LogP contribution is -2.12. The summed E-state index contributed by atoms with van der Waals surface area (Å²) in [6.45, 7) is 0.466. The predicted molar refractivity (Wildman–Crippen MR) is 81.3 cm³/mol. The van der Waals surface area contributed by atoms with E-state index in [9.17, 15) is 4.79 Å². The Morgan fingerprint density at radius 2 is 2.38 bits per heavy atom. The van der Waals surface area contributed by atoms with Gasteiger partial charge in [0.1, 0.15) is 11.4 Å². The number of aromatic nitrogens is 1. The molecular weight excluding hydrogens is 288 g/mol. The predicted octanol–water partition coefficient (Wildman–Crippen LogP) is 2.66. The molecule has 1 heterocycles. The van der Waals surface area contributed by atoms with Crippen LogP contribution in [0.4, 0.5) is 10.8 Å². The minimum absolute atomic E-state index is 0.290. The number of carbonyl (C=O) groups is 1. The zero-order valence-corrected chi connectivity index (χ0v) is 12.0. The fraction of sp³-hybridized carbons (Fsp3) is 0.214. The molecule has 0 atom stereocenters. The van der Waals surface area contributed by atoms with E-state index in [1.165, 1.54) is 11.3 Å². The third-order valence-corrected chi connectivity index (χ3v) is 3.22. The van der Waals surface area contributed by atoms with Gasteiger partial charge in [-0.2, -0.15) is 5.26 Å². The number of hydrogen-bond donors (Lipinski definition) is 2. The number of unbranched alkanes of at least 4 members (excludes halogenated alkanes) is 1. The monoisotopic (exact) mass is 302 g/mol. The van der Waals surface area contributed by atoms with E-state index < -0.39 is 0 Å². The first-order valence-electron chi connectivity index (χ1n) is 6.31. The lowest BCUT2D eigenvalue weighted by atomic mass is 10.3. The number of amides is 1. The van der Waals surface area contributed by atoms with Crippen molar-refractivity contribution in [3.8, 4) is 11.8 Å². The van der Waals surface area contributed by atoms with Gasteiger partial charge in [-0.3, -0.25) is 4.79 Å². The maximum Gasteiger partial charge on any atom is 0.275 e. The third kappa shape index (κ3) is 4.47. The molecule has 2 rings (SSSR count). The second-order valence-corrected chi connectivity index (χ2v) is 5.05. The summed E-state index contributed by atoms with van der Waals surface area (Å²) in [6.07, 6.45) is 1.13. The molecule has 21 heavy (non-hydrogen) atoms. The van der Waals surface area contributed by atoms with Crippen molar-refractivity contribution in [3.05, 3.63) is 35.3 Å². The van der Waals surface area contributed by atoms with Gasteiger partial charge in [0.15, 0.2) is 5.13 Å². The molecule has 6 nitrogen and oxygen atoms in total. The van der Waals surface area contributed by atoms with Gasteiger partial charge in [-0.05, 0) is 18.6 Å². The average molecular weight is 302 g/mol. The van der Waals surface area contributed by atoms with Crippen LogP contribution in [0.3, 0.4) is 0 Å². The molecule has 2 aromatic rings. The van der Waals surface area contributed by atoms with E-state index in [4.69, 9.17) is 15.7 Å². The molecule has 1 amide bonds. The molecule has 0 unspecified atom stereocenters. The molecule has 0 radical (unpaired) electrons. The number of nitrogens with one attached hydrogen (secondary N) is 1. The van der Waals surface area contributed by atoms with Gasteiger partial charge >= 0.3 is 0 Å². The molecule has 0 aliphatic rings. The molecular formula is C14H14N4O2S. The number of thiazole rings is 1. The Labute approximate surface area is 126 Å². The van der Waals surface area contributed by atoms with E-state index in [0.29, 0.717) is 36.0 Å². The van der Waals surface area contributed by atoms with Crippen LogP contribution in [-0.2, 0) is 0 Å². The molecule has 0 saturated heterocycles. The molecule has 0 saturated carbocycles. The molecule has 0 fully saturated rings. The molecule has 3 N–H and O–H groups in total. The number of nitrogen functional groups attached to an aromatic ring is 1. The summed E-state index contributed by atoms with van der Waals surface area (Å²) in [5.41, 5.74) is 6.40. The highest BCUT2D eigenvalue weighted by atomic mass is 32.1. The largest absolute Gasteiger partial charge is 0.493 e. The van der Waals surface area contributed by atoms with Crippen molar-refractivity contribution in [2.24, 2.45) is 0 Å². The van der Waals surface area contributed by atoms with Crippen molar-refractivity contribution in [2.45, 2.75) is 12.8 Å². The van der Waals surface area contributed by atoms with Crippen LogP contribution in [0.25, 0.3) is 0 Å².